The molecule has 128 valence electrons. The Morgan fingerprint density at radius 3 is 2.65 bits per heavy atom. The average molecular weight is 321 g/mol. The lowest BCUT2D eigenvalue weighted by atomic mass is 10.2. The van der Waals surface area contributed by atoms with Crippen molar-refractivity contribution in [3.8, 4) is 5.75 Å². The maximum atomic E-state index is 12.0. The zero-order chi connectivity index (χ0) is 17.2. The highest BCUT2D eigenvalue weighted by Gasteiger charge is 2.15. The molecule has 0 saturated heterocycles. The molecule has 0 aliphatic carbocycles. The van der Waals surface area contributed by atoms with Gasteiger partial charge in [0.1, 0.15) is 5.75 Å². The van der Waals surface area contributed by atoms with E-state index in [1.807, 2.05) is 38.1 Å². The van der Waals surface area contributed by atoms with Crippen molar-refractivity contribution in [2.75, 3.05) is 19.7 Å². The summed E-state index contributed by atoms with van der Waals surface area (Å²) in [4.78, 5) is 24.8. The third kappa shape index (κ3) is 7.65. The van der Waals surface area contributed by atoms with E-state index < -0.39 is 5.91 Å². The molecule has 0 saturated carbocycles. The molecule has 6 heteroatoms. The molecule has 23 heavy (non-hydrogen) atoms. The van der Waals surface area contributed by atoms with Crippen molar-refractivity contribution in [1.82, 2.24) is 10.2 Å². The molecular weight excluding hydrogens is 294 g/mol. The van der Waals surface area contributed by atoms with Gasteiger partial charge in [0.2, 0.25) is 11.8 Å². The molecule has 2 amide bonds. The van der Waals surface area contributed by atoms with E-state index in [0.717, 1.165) is 17.7 Å². The first kappa shape index (κ1) is 19.0. The summed E-state index contributed by atoms with van der Waals surface area (Å²) in [6, 6.07) is 7.72. The fourth-order valence-corrected chi connectivity index (χ4v) is 2.03. The van der Waals surface area contributed by atoms with Crippen LogP contribution in [-0.4, -0.2) is 42.5 Å². The van der Waals surface area contributed by atoms with Crippen LogP contribution >= 0.6 is 0 Å². The normalized spacial score (nSPS) is 10.8. The number of primary amides is 1. The fourth-order valence-electron chi connectivity index (χ4n) is 2.03. The third-order valence-electron chi connectivity index (χ3n) is 3.30. The van der Waals surface area contributed by atoms with E-state index in [1.165, 1.54) is 0 Å². The molecule has 1 aromatic rings. The topological polar surface area (TPSA) is 84.7 Å². The number of ether oxygens (including phenoxy) is 1. The summed E-state index contributed by atoms with van der Waals surface area (Å²) in [5.41, 5.74) is 6.17. The minimum Gasteiger partial charge on any atom is -0.494 e. The molecule has 0 aliphatic rings. The van der Waals surface area contributed by atoms with Crippen molar-refractivity contribution in [3.05, 3.63) is 29.8 Å². The number of nitrogens with zero attached hydrogens (tertiary/aromatic N) is 1. The van der Waals surface area contributed by atoms with Crippen LogP contribution in [0.5, 0.6) is 5.75 Å². The van der Waals surface area contributed by atoms with Crippen LogP contribution < -0.4 is 15.8 Å². The van der Waals surface area contributed by atoms with Gasteiger partial charge in [-0.1, -0.05) is 19.1 Å². The van der Waals surface area contributed by atoms with Crippen LogP contribution in [0.15, 0.2) is 24.3 Å². The summed E-state index contributed by atoms with van der Waals surface area (Å²) in [5.74, 6) is 0.225. The number of nitrogens with one attached hydrogen (secondary N) is 1. The lowest BCUT2D eigenvalue weighted by Gasteiger charge is -2.24. The van der Waals surface area contributed by atoms with Gasteiger partial charge in [-0.15, -0.1) is 0 Å². The smallest absolute Gasteiger partial charge is 0.234 e. The van der Waals surface area contributed by atoms with E-state index in [4.69, 9.17) is 10.5 Å². The maximum absolute atomic E-state index is 12.0. The number of amides is 2. The lowest BCUT2D eigenvalue weighted by Crippen LogP contribution is -2.44. The largest absolute Gasteiger partial charge is 0.494 e. The van der Waals surface area contributed by atoms with Crippen LogP contribution in [0.25, 0.3) is 0 Å². The van der Waals surface area contributed by atoms with E-state index in [0.29, 0.717) is 13.2 Å². The molecule has 1 aromatic carbocycles. The number of rotatable bonds is 10. The highest BCUT2D eigenvalue weighted by Crippen LogP contribution is 2.13. The molecular formula is C17H27N3O3. The Balaban J connectivity index is 2.50. The van der Waals surface area contributed by atoms with Crippen LogP contribution in [0.3, 0.4) is 0 Å². The van der Waals surface area contributed by atoms with Gasteiger partial charge in [0, 0.05) is 12.6 Å². The van der Waals surface area contributed by atoms with Crippen LogP contribution in [0, 0.1) is 0 Å². The van der Waals surface area contributed by atoms with Gasteiger partial charge >= 0.3 is 0 Å². The van der Waals surface area contributed by atoms with Crippen LogP contribution in [-0.2, 0) is 16.1 Å². The lowest BCUT2D eigenvalue weighted by molar-refractivity contribution is -0.124. The highest BCUT2D eigenvalue weighted by atomic mass is 16.5. The molecule has 0 aromatic heterocycles. The van der Waals surface area contributed by atoms with Crippen molar-refractivity contribution in [2.45, 2.75) is 39.8 Å². The molecule has 0 spiro atoms. The second kappa shape index (κ2) is 9.84. The molecule has 0 bridgehead atoms. The second-order valence-electron chi connectivity index (χ2n) is 5.74. The first-order valence-corrected chi connectivity index (χ1v) is 7.93. The summed E-state index contributed by atoms with van der Waals surface area (Å²) < 4.78 is 5.57. The van der Waals surface area contributed by atoms with Gasteiger partial charge in [-0.25, -0.2) is 0 Å². The van der Waals surface area contributed by atoms with Crippen molar-refractivity contribution in [1.29, 1.82) is 0 Å². The number of carbonyl (C=O) groups excluding carboxylic acids is 2. The first-order chi connectivity index (χ1) is 10.9. The Bertz CT molecular complexity index is 518. The van der Waals surface area contributed by atoms with Gasteiger partial charge in [-0.05, 0) is 38.0 Å². The van der Waals surface area contributed by atoms with E-state index in [1.54, 1.807) is 4.90 Å². The van der Waals surface area contributed by atoms with Gasteiger partial charge < -0.3 is 15.8 Å². The Hall–Kier alpha value is -2.08. The Labute approximate surface area is 138 Å². The molecule has 0 atom stereocenters. The minimum absolute atomic E-state index is 0.0685. The number of hydrogen-bond acceptors (Lipinski definition) is 4. The molecule has 3 N–H and O–H groups in total. The summed E-state index contributed by atoms with van der Waals surface area (Å²) in [6.07, 6.45) is 0.950. The van der Waals surface area contributed by atoms with Crippen LogP contribution in [0.2, 0.25) is 0 Å². The van der Waals surface area contributed by atoms with Gasteiger partial charge in [-0.3, -0.25) is 14.5 Å². The molecule has 0 heterocycles. The summed E-state index contributed by atoms with van der Waals surface area (Å²) in [7, 11) is 0. The predicted octanol–water partition coefficient (Wildman–Crippen LogP) is 1.29. The van der Waals surface area contributed by atoms with Gasteiger partial charge in [0.15, 0.2) is 0 Å². The van der Waals surface area contributed by atoms with Crippen molar-refractivity contribution in [2.24, 2.45) is 5.73 Å². The number of nitrogens with two attached hydrogens (primary N) is 1. The number of benzene rings is 1. The first-order valence-electron chi connectivity index (χ1n) is 7.93. The molecule has 0 fully saturated rings. The zero-order valence-electron chi connectivity index (χ0n) is 14.2. The molecule has 6 nitrogen and oxygen atoms in total. The van der Waals surface area contributed by atoms with Gasteiger partial charge in [0.25, 0.3) is 0 Å². The monoisotopic (exact) mass is 321 g/mol. The minimum atomic E-state index is -0.438. The Morgan fingerprint density at radius 2 is 2.04 bits per heavy atom. The predicted molar refractivity (Wildman–Crippen MR) is 90.0 cm³/mol. The Kier molecular flexibility index (Phi) is 8.11. The number of hydrogen-bond donors (Lipinski definition) is 2. The van der Waals surface area contributed by atoms with E-state index in [2.05, 4.69) is 12.2 Å². The van der Waals surface area contributed by atoms with Gasteiger partial charge in [0.05, 0.1) is 19.7 Å². The molecule has 1 rings (SSSR count). The highest BCUT2D eigenvalue weighted by molar-refractivity contribution is 5.80. The fraction of sp³-hybridized carbons (Fsp3) is 0.529. The average Bonchev–Trinajstić information content (AvgIpc) is 2.50. The van der Waals surface area contributed by atoms with Crippen molar-refractivity contribution >= 4 is 11.8 Å². The summed E-state index contributed by atoms with van der Waals surface area (Å²) >= 11 is 0. The van der Waals surface area contributed by atoms with Crippen molar-refractivity contribution < 1.29 is 14.3 Å². The van der Waals surface area contributed by atoms with E-state index in [-0.39, 0.29) is 25.0 Å². The molecule has 0 radical (unpaired) electrons. The number of carbonyl (C=O) groups is 2. The van der Waals surface area contributed by atoms with Gasteiger partial charge in [-0.2, -0.15) is 0 Å². The second-order valence-corrected chi connectivity index (χ2v) is 5.74. The standard InChI is InChI=1S/C17H27N3O3/c1-4-8-23-15-7-5-6-14(9-15)10-19-17(22)12-20(13(2)3)11-16(18)21/h5-7,9,13H,4,8,10-12H2,1-3H3,(H2,18,21)(H,19,22). The SMILES string of the molecule is CCCOc1cccc(CNC(=O)CN(CC(N)=O)C(C)C)c1. The Morgan fingerprint density at radius 1 is 1.30 bits per heavy atom. The van der Waals surface area contributed by atoms with E-state index in [9.17, 15) is 9.59 Å². The third-order valence-corrected chi connectivity index (χ3v) is 3.30. The maximum Gasteiger partial charge on any atom is 0.234 e. The van der Waals surface area contributed by atoms with E-state index >= 15 is 0 Å². The quantitative estimate of drug-likeness (QED) is 0.680. The summed E-state index contributed by atoms with van der Waals surface area (Å²) in [5, 5.41) is 2.85. The summed E-state index contributed by atoms with van der Waals surface area (Å²) in [6.45, 7) is 7.21. The molecule has 0 unspecified atom stereocenters. The van der Waals surface area contributed by atoms with Crippen LogP contribution in [0.1, 0.15) is 32.8 Å². The molecule has 0 aliphatic heterocycles. The zero-order valence-corrected chi connectivity index (χ0v) is 14.2. The van der Waals surface area contributed by atoms with Crippen molar-refractivity contribution in [3.63, 3.8) is 0 Å². The van der Waals surface area contributed by atoms with Crippen LogP contribution in [0.4, 0.5) is 0 Å².